The van der Waals surface area contributed by atoms with Gasteiger partial charge in [-0.15, -0.1) is 0 Å². The maximum absolute atomic E-state index is 12.1. The highest BCUT2D eigenvalue weighted by molar-refractivity contribution is 5.77. The maximum Gasteiger partial charge on any atom is 0.220 e. The second-order valence-corrected chi connectivity index (χ2v) is 6.33. The van der Waals surface area contributed by atoms with Crippen molar-refractivity contribution in [3.63, 3.8) is 0 Å². The molecule has 0 aliphatic carbocycles. The quantitative estimate of drug-likeness (QED) is 0.772. The van der Waals surface area contributed by atoms with E-state index in [-0.39, 0.29) is 17.9 Å². The average Bonchev–Trinajstić information content (AvgIpc) is 2.45. The van der Waals surface area contributed by atoms with E-state index in [1.165, 1.54) is 11.1 Å². The third-order valence-electron chi connectivity index (χ3n) is 3.85. The van der Waals surface area contributed by atoms with Crippen LogP contribution in [-0.4, -0.2) is 18.5 Å². The molecular weight excluding hydrogens is 260 g/mol. The molecule has 0 aromatic heterocycles. The lowest BCUT2D eigenvalue weighted by Crippen LogP contribution is -2.41. The molecule has 3 N–H and O–H groups in total. The lowest BCUT2D eigenvalue weighted by Gasteiger charge is -2.20. The average molecular weight is 290 g/mol. The zero-order valence-corrected chi connectivity index (χ0v) is 13.9. The Hall–Kier alpha value is -1.35. The number of amides is 1. The summed E-state index contributed by atoms with van der Waals surface area (Å²) < 4.78 is 0. The number of aryl methyl sites for hydroxylation is 1. The molecule has 0 aliphatic heterocycles. The molecule has 0 spiro atoms. The summed E-state index contributed by atoms with van der Waals surface area (Å²) in [7, 11) is 0. The van der Waals surface area contributed by atoms with E-state index in [1.54, 1.807) is 0 Å². The normalized spacial score (nSPS) is 14.0. The van der Waals surface area contributed by atoms with Crippen LogP contribution in [0.2, 0.25) is 0 Å². The highest BCUT2D eigenvalue weighted by Gasteiger charge is 2.15. The second-order valence-electron chi connectivity index (χ2n) is 6.33. The standard InChI is InChI=1S/C18H30N2O/c1-5-15-6-8-16(9-7-15)14(4)11-18(21)20-17(12-19)10-13(2)3/h6-9,13-14,17H,5,10-12,19H2,1-4H3,(H,20,21). The Morgan fingerprint density at radius 1 is 1.19 bits per heavy atom. The van der Waals surface area contributed by atoms with Gasteiger partial charge >= 0.3 is 0 Å². The zero-order valence-electron chi connectivity index (χ0n) is 13.9. The van der Waals surface area contributed by atoms with Crippen LogP contribution in [0.5, 0.6) is 0 Å². The predicted molar refractivity (Wildman–Crippen MR) is 89.3 cm³/mol. The minimum absolute atomic E-state index is 0.0900. The largest absolute Gasteiger partial charge is 0.352 e. The molecule has 2 atom stereocenters. The first-order valence-corrected chi connectivity index (χ1v) is 8.04. The number of carbonyl (C=O) groups excluding carboxylic acids is 1. The van der Waals surface area contributed by atoms with Crippen LogP contribution >= 0.6 is 0 Å². The van der Waals surface area contributed by atoms with Crippen LogP contribution in [-0.2, 0) is 11.2 Å². The molecule has 0 heterocycles. The van der Waals surface area contributed by atoms with Crippen molar-refractivity contribution in [1.29, 1.82) is 0 Å². The van der Waals surface area contributed by atoms with Crippen molar-refractivity contribution in [2.75, 3.05) is 6.54 Å². The predicted octanol–water partition coefficient (Wildman–Crippen LogP) is 3.23. The molecule has 0 saturated carbocycles. The molecule has 3 heteroatoms. The molecular formula is C18H30N2O. The summed E-state index contributed by atoms with van der Waals surface area (Å²) >= 11 is 0. The Labute approximate surface area is 129 Å². The molecule has 21 heavy (non-hydrogen) atoms. The van der Waals surface area contributed by atoms with Crippen LogP contribution in [0.1, 0.15) is 57.6 Å². The van der Waals surface area contributed by atoms with Crippen molar-refractivity contribution in [1.82, 2.24) is 5.32 Å². The van der Waals surface area contributed by atoms with E-state index in [2.05, 4.69) is 57.3 Å². The summed E-state index contributed by atoms with van der Waals surface area (Å²) in [6.45, 7) is 9.04. The fourth-order valence-electron chi connectivity index (χ4n) is 2.55. The molecule has 1 aromatic rings. The van der Waals surface area contributed by atoms with Gasteiger partial charge in [-0.2, -0.15) is 0 Å². The van der Waals surface area contributed by atoms with Crippen LogP contribution in [0.15, 0.2) is 24.3 Å². The number of carbonyl (C=O) groups is 1. The van der Waals surface area contributed by atoms with E-state index in [9.17, 15) is 4.79 Å². The number of benzene rings is 1. The first kappa shape index (κ1) is 17.7. The molecule has 0 saturated heterocycles. The minimum Gasteiger partial charge on any atom is -0.352 e. The maximum atomic E-state index is 12.1. The fraction of sp³-hybridized carbons (Fsp3) is 0.611. The van der Waals surface area contributed by atoms with Gasteiger partial charge in [0.1, 0.15) is 0 Å². The van der Waals surface area contributed by atoms with Crippen molar-refractivity contribution in [2.45, 2.75) is 58.9 Å². The molecule has 118 valence electrons. The van der Waals surface area contributed by atoms with Gasteiger partial charge in [-0.1, -0.05) is 52.0 Å². The summed E-state index contributed by atoms with van der Waals surface area (Å²) in [6, 6.07) is 8.64. The highest BCUT2D eigenvalue weighted by Crippen LogP contribution is 2.19. The Morgan fingerprint density at radius 2 is 1.81 bits per heavy atom. The summed E-state index contributed by atoms with van der Waals surface area (Å²) in [5, 5.41) is 3.06. The van der Waals surface area contributed by atoms with Gasteiger partial charge in [-0.3, -0.25) is 4.79 Å². The number of hydrogen-bond acceptors (Lipinski definition) is 2. The fourth-order valence-corrected chi connectivity index (χ4v) is 2.55. The van der Waals surface area contributed by atoms with Crippen molar-refractivity contribution in [2.24, 2.45) is 11.7 Å². The van der Waals surface area contributed by atoms with E-state index in [0.29, 0.717) is 18.9 Å². The lowest BCUT2D eigenvalue weighted by molar-refractivity contribution is -0.122. The van der Waals surface area contributed by atoms with Crippen LogP contribution in [0, 0.1) is 5.92 Å². The van der Waals surface area contributed by atoms with E-state index in [1.807, 2.05) is 0 Å². The smallest absolute Gasteiger partial charge is 0.220 e. The molecule has 0 aliphatic rings. The first-order chi connectivity index (χ1) is 9.96. The molecule has 1 amide bonds. The third-order valence-corrected chi connectivity index (χ3v) is 3.85. The number of hydrogen-bond donors (Lipinski definition) is 2. The Balaban J connectivity index is 2.52. The minimum atomic E-state index is 0.0900. The summed E-state index contributed by atoms with van der Waals surface area (Å²) in [4.78, 5) is 12.1. The molecule has 1 aromatic carbocycles. The van der Waals surface area contributed by atoms with Gasteiger partial charge in [0.15, 0.2) is 0 Å². The first-order valence-electron chi connectivity index (χ1n) is 8.04. The monoisotopic (exact) mass is 290 g/mol. The van der Waals surface area contributed by atoms with Crippen molar-refractivity contribution in [3.8, 4) is 0 Å². The van der Waals surface area contributed by atoms with Gasteiger partial charge in [0.2, 0.25) is 5.91 Å². The summed E-state index contributed by atoms with van der Waals surface area (Å²) in [5.41, 5.74) is 8.28. The molecule has 0 fully saturated rings. The van der Waals surface area contributed by atoms with Gasteiger partial charge < -0.3 is 11.1 Å². The number of nitrogens with two attached hydrogens (primary N) is 1. The lowest BCUT2D eigenvalue weighted by atomic mass is 9.95. The van der Waals surface area contributed by atoms with Gasteiger partial charge in [-0.25, -0.2) is 0 Å². The van der Waals surface area contributed by atoms with Crippen molar-refractivity contribution in [3.05, 3.63) is 35.4 Å². The summed E-state index contributed by atoms with van der Waals surface area (Å²) in [6.07, 6.45) is 2.49. The third kappa shape index (κ3) is 6.30. The van der Waals surface area contributed by atoms with Crippen molar-refractivity contribution >= 4 is 5.91 Å². The number of rotatable bonds is 8. The second kappa shape index (κ2) is 8.83. The van der Waals surface area contributed by atoms with E-state index in [0.717, 1.165) is 12.8 Å². The molecule has 3 nitrogen and oxygen atoms in total. The van der Waals surface area contributed by atoms with Gasteiger partial charge in [0.05, 0.1) is 0 Å². The number of nitrogens with one attached hydrogen (secondary N) is 1. The van der Waals surface area contributed by atoms with E-state index in [4.69, 9.17) is 5.73 Å². The van der Waals surface area contributed by atoms with Gasteiger partial charge in [-0.05, 0) is 35.8 Å². The van der Waals surface area contributed by atoms with E-state index < -0.39 is 0 Å². The molecule has 2 unspecified atom stereocenters. The SMILES string of the molecule is CCc1ccc(C(C)CC(=O)NC(CN)CC(C)C)cc1. The topological polar surface area (TPSA) is 55.1 Å². The molecule has 0 bridgehead atoms. The van der Waals surface area contributed by atoms with Crippen LogP contribution in [0.3, 0.4) is 0 Å². The Morgan fingerprint density at radius 3 is 2.29 bits per heavy atom. The Bertz CT molecular complexity index is 425. The van der Waals surface area contributed by atoms with Gasteiger partial charge in [0.25, 0.3) is 0 Å². The van der Waals surface area contributed by atoms with E-state index >= 15 is 0 Å². The highest BCUT2D eigenvalue weighted by atomic mass is 16.1. The molecule has 1 rings (SSSR count). The van der Waals surface area contributed by atoms with Crippen molar-refractivity contribution < 1.29 is 4.79 Å². The van der Waals surface area contributed by atoms with Crippen LogP contribution in [0.25, 0.3) is 0 Å². The zero-order chi connectivity index (χ0) is 15.8. The van der Waals surface area contributed by atoms with Gasteiger partial charge in [0, 0.05) is 19.0 Å². The molecule has 0 radical (unpaired) electrons. The van der Waals surface area contributed by atoms with Crippen LogP contribution < -0.4 is 11.1 Å². The Kier molecular flexibility index (Phi) is 7.44. The van der Waals surface area contributed by atoms with Crippen LogP contribution in [0.4, 0.5) is 0 Å². The summed E-state index contributed by atoms with van der Waals surface area (Å²) in [5.74, 6) is 0.865.